The first-order chi connectivity index (χ1) is 16.5. The van der Waals surface area contributed by atoms with Crippen molar-refractivity contribution in [3.8, 4) is 5.75 Å². The van der Waals surface area contributed by atoms with Crippen molar-refractivity contribution in [1.29, 1.82) is 0 Å². The highest BCUT2D eigenvalue weighted by Crippen LogP contribution is 2.34. The number of amides is 1. The number of nitrogens with zero attached hydrogens (tertiary/aromatic N) is 3. The molecule has 2 N–H and O–H groups in total. The third kappa shape index (κ3) is 5.64. The van der Waals surface area contributed by atoms with E-state index >= 15 is 0 Å². The quantitative estimate of drug-likeness (QED) is 0.462. The minimum Gasteiger partial charge on any atom is -0.481 e. The Labute approximate surface area is 197 Å². The highest BCUT2D eigenvalue weighted by Gasteiger charge is 2.16. The number of benzene rings is 2. The molecule has 0 radical (unpaired) electrons. The number of nitrogens with one attached hydrogen (secondary N) is 2. The second kappa shape index (κ2) is 10.8. The van der Waals surface area contributed by atoms with Crippen molar-refractivity contribution in [2.45, 2.75) is 19.4 Å². The van der Waals surface area contributed by atoms with E-state index in [0.29, 0.717) is 17.0 Å². The number of anilines is 2. The van der Waals surface area contributed by atoms with Crippen molar-refractivity contribution in [2.75, 3.05) is 36.8 Å². The molecule has 34 heavy (non-hydrogen) atoms. The zero-order chi connectivity index (χ0) is 24.1. The van der Waals surface area contributed by atoms with E-state index in [4.69, 9.17) is 9.10 Å². The van der Waals surface area contributed by atoms with Gasteiger partial charge in [0.2, 0.25) is 0 Å². The number of hydrogen-bond acceptors (Lipinski definition) is 6. The number of fused-ring (bicyclic) bond motifs is 1. The number of alkyl halides is 2. The van der Waals surface area contributed by atoms with Crippen molar-refractivity contribution >= 4 is 44.7 Å². The summed E-state index contributed by atoms with van der Waals surface area (Å²) in [5.74, 6) is 1.49. The number of rotatable bonds is 9. The van der Waals surface area contributed by atoms with Crippen LogP contribution in [0.5, 0.6) is 5.75 Å². The van der Waals surface area contributed by atoms with Gasteiger partial charge in [-0.25, -0.2) is 27.5 Å². The van der Waals surface area contributed by atoms with Crippen LogP contribution in [0.4, 0.5) is 30.4 Å². The van der Waals surface area contributed by atoms with E-state index in [2.05, 4.69) is 20.6 Å². The van der Waals surface area contributed by atoms with Crippen molar-refractivity contribution in [1.82, 2.24) is 15.3 Å². The molecule has 0 saturated carbocycles. The summed E-state index contributed by atoms with van der Waals surface area (Å²) in [6.07, 6.45) is 2.64. The summed E-state index contributed by atoms with van der Waals surface area (Å²) in [7, 11) is 0.0871. The van der Waals surface area contributed by atoms with Crippen molar-refractivity contribution < 1.29 is 22.7 Å². The van der Waals surface area contributed by atoms with Gasteiger partial charge >= 0.3 is 0 Å². The van der Waals surface area contributed by atoms with E-state index in [0.717, 1.165) is 34.2 Å². The highest BCUT2D eigenvalue weighted by molar-refractivity contribution is 7.88. The van der Waals surface area contributed by atoms with Crippen LogP contribution in [0.25, 0.3) is 10.9 Å². The molecular formula is C23H24F3N5O2S. The Morgan fingerprint density at radius 3 is 2.71 bits per heavy atom. The predicted molar refractivity (Wildman–Crippen MR) is 127 cm³/mol. The van der Waals surface area contributed by atoms with Gasteiger partial charge in [0, 0.05) is 23.0 Å². The van der Waals surface area contributed by atoms with Crippen LogP contribution in [0.2, 0.25) is 0 Å². The van der Waals surface area contributed by atoms with Crippen LogP contribution in [0, 0.1) is 12.7 Å². The Hall–Kier alpha value is -3.21. The fourth-order valence-electron chi connectivity index (χ4n) is 3.41. The largest absolute Gasteiger partial charge is 0.481 e. The summed E-state index contributed by atoms with van der Waals surface area (Å²) in [6, 6.07) is 6.48. The summed E-state index contributed by atoms with van der Waals surface area (Å²) in [4.78, 5) is 20.7. The molecule has 0 aliphatic carbocycles. The minimum atomic E-state index is -1.24. The molecule has 180 valence electrons. The average molecular weight is 492 g/mol. The minimum absolute atomic E-state index is 0.0504. The molecule has 7 nitrogen and oxygen atoms in total. The molecule has 1 aromatic heterocycles. The van der Waals surface area contributed by atoms with Crippen LogP contribution in [0.3, 0.4) is 0 Å². The number of halogens is 3. The van der Waals surface area contributed by atoms with Gasteiger partial charge in [0.15, 0.2) is 6.61 Å². The smallest absolute Gasteiger partial charge is 0.258 e. The normalized spacial score (nSPS) is 13.6. The summed E-state index contributed by atoms with van der Waals surface area (Å²) in [5, 5.41) is 6.08. The molecule has 0 unspecified atom stereocenters. The molecule has 1 aliphatic rings. The first kappa shape index (κ1) is 23.9. The fourth-order valence-corrected chi connectivity index (χ4v) is 4.54. The molecule has 1 saturated heterocycles. The van der Waals surface area contributed by atoms with Crippen molar-refractivity contribution in [2.24, 2.45) is 4.36 Å². The third-order valence-corrected chi connectivity index (χ3v) is 7.20. The number of aromatic nitrogens is 2. The molecule has 0 spiro atoms. The first-order valence-corrected chi connectivity index (χ1v) is 12.2. The van der Waals surface area contributed by atoms with E-state index in [1.807, 2.05) is 19.1 Å². The van der Waals surface area contributed by atoms with Gasteiger partial charge in [-0.15, -0.1) is 0 Å². The molecular weight excluding hydrogens is 467 g/mol. The van der Waals surface area contributed by atoms with Gasteiger partial charge in [-0.05, 0) is 43.2 Å². The summed E-state index contributed by atoms with van der Waals surface area (Å²) in [6.45, 7) is -0.667. The van der Waals surface area contributed by atoms with E-state index < -0.39 is 37.7 Å². The van der Waals surface area contributed by atoms with Crippen molar-refractivity contribution in [3.05, 3.63) is 48.0 Å². The number of hydrogen-bond donors (Lipinski definition) is 2. The predicted octanol–water partition coefficient (Wildman–Crippen LogP) is 4.46. The molecule has 1 amide bonds. The second-order valence-corrected chi connectivity index (χ2v) is 9.75. The van der Waals surface area contributed by atoms with E-state index in [9.17, 15) is 18.0 Å². The summed E-state index contributed by atoms with van der Waals surface area (Å²) >= 11 is 0. The van der Waals surface area contributed by atoms with E-state index in [-0.39, 0.29) is 16.4 Å². The Kier molecular flexibility index (Phi) is 7.61. The van der Waals surface area contributed by atoms with Gasteiger partial charge in [-0.3, -0.25) is 4.79 Å². The molecule has 1 fully saturated rings. The van der Waals surface area contributed by atoms with Crippen LogP contribution in [0.1, 0.15) is 12.0 Å². The maximum atomic E-state index is 13.9. The van der Waals surface area contributed by atoms with E-state index in [1.165, 1.54) is 24.9 Å². The molecule has 11 heteroatoms. The van der Waals surface area contributed by atoms with Gasteiger partial charge < -0.3 is 15.4 Å². The number of aryl methyl sites for hydroxylation is 1. The van der Waals surface area contributed by atoms with Crippen LogP contribution in [-0.4, -0.2) is 53.4 Å². The molecule has 4 rings (SSSR count). The lowest BCUT2D eigenvalue weighted by Crippen LogP contribution is -2.40. The fraction of sp³-hybridized carbons (Fsp3) is 0.348. The van der Waals surface area contributed by atoms with Gasteiger partial charge in [0.05, 0.1) is 22.9 Å². The molecule has 1 aliphatic heterocycles. The molecule has 2 heterocycles. The average Bonchev–Trinajstić information content (AvgIpc) is 2.80. The van der Waals surface area contributed by atoms with Crippen molar-refractivity contribution in [3.63, 3.8) is 0 Å². The molecule has 0 atom stereocenters. The Balaban J connectivity index is 1.57. The van der Waals surface area contributed by atoms with Crippen LogP contribution >= 0.6 is 0 Å². The lowest BCUT2D eigenvalue weighted by atomic mass is 10.1. The van der Waals surface area contributed by atoms with Crippen LogP contribution in [-0.2, 0) is 15.5 Å². The lowest BCUT2D eigenvalue weighted by molar-refractivity contribution is -0.124. The van der Waals surface area contributed by atoms with Crippen LogP contribution in [0.15, 0.2) is 41.0 Å². The van der Waals surface area contributed by atoms with Crippen LogP contribution < -0.4 is 15.4 Å². The number of carbonyl (C=O) groups is 1. The highest BCUT2D eigenvalue weighted by atomic mass is 32.2. The lowest BCUT2D eigenvalue weighted by Gasteiger charge is -2.17. The maximum absolute atomic E-state index is 13.9. The molecule has 3 aromatic rings. The summed E-state index contributed by atoms with van der Waals surface area (Å²) < 4.78 is 49.4. The maximum Gasteiger partial charge on any atom is 0.258 e. The Bertz CT molecular complexity index is 1230. The zero-order valence-corrected chi connectivity index (χ0v) is 19.3. The zero-order valence-electron chi connectivity index (χ0n) is 18.5. The Morgan fingerprint density at radius 1 is 1.21 bits per heavy atom. The van der Waals surface area contributed by atoms with Gasteiger partial charge in [0.25, 0.3) is 5.91 Å². The van der Waals surface area contributed by atoms with E-state index in [1.54, 1.807) is 0 Å². The molecule has 0 bridgehead atoms. The van der Waals surface area contributed by atoms with Gasteiger partial charge in [-0.2, -0.15) is 0 Å². The monoisotopic (exact) mass is 491 g/mol. The SMILES string of the molecule is Cc1cc(N=S2CCC2)cc2ncnc(Nc3ccc(F)cc3OCC(=O)NC(CF)CF)c12. The standard InChI is InChI=1S/C23H24F3N5O2S/c1-14-7-16(31-34-5-2-6-34)9-19-22(14)23(28-13-27-19)30-18-4-3-15(26)8-20(18)33-12-21(32)29-17(10-24)11-25/h3-4,7-9,13,17H,2,5-6,10-12H2,1H3,(H,29,32)(H,27,28,30). The number of ether oxygens (including phenoxy) is 1. The Morgan fingerprint density at radius 2 is 2.00 bits per heavy atom. The number of carbonyl (C=O) groups excluding carboxylic acids is 1. The summed E-state index contributed by atoms with van der Waals surface area (Å²) in [5.41, 5.74) is 2.89. The molecule has 2 aromatic carbocycles. The third-order valence-electron chi connectivity index (χ3n) is 5.21. The van der Waals surface area contributed by atoms with Gasteiger partial charge in [-0.1, -0.05) is 10.7 Å². The second-order valence-electron chi connectivity index (χ2n) is 7.82. The van der Waals surface area contributed by atoms with Gasteiger partial charge in [0.1, 0.15) is 37.1 Å². The topological polar surface area (TPSA) is 88.5 Å². The first-order valence-electron chi connectivity index (χ1n) is 10.7.